The summed E-state index contributed by atoms with van der Waals surface area (Å²) >= 11 is 0. The van der Waals surface area contributed by atoms with Crippen LogP contribution in [0.5, 0.6) is 5.75 Å². The Morgan fingerprint density at radius 1 is 1.11 bits per heavy atom. The number of benzene rings is 1. The van der Waals surface area contributed by atoms with Gasteiger partial charge in [-0.05, 0) is 44.9 Å². The smallest absolute Gasteiger partial charge is 0.247 e. The van der Waals surface area contributed by atoms with Gasteiger partial charge in [-0.2, -0.15) is 4.31 Å². The number of nitrogens with zero attached hydrogens (tertiary/aromatic N) is 2. The molecule has 0 spiro atoms. The van der Waals surface area contributed by atoms with Crippen molar-refractivity contribution in [2.75, 3.05) is 30.3 Å². The molecule has 2 fully saturated rings. The van der Waals surface area contributed by atoms with Crippen molar-refractivity contribution in [1.29, 1.82) is 0 Å². The first-order valence-electron chi connectivity index (χ1n) is 8.76. The van der Waals surface area contributed by atoms with Crippen molar-refractivity contribution in [2.45, 2.75) is 38.0 Å². The largest absolute Gasteiger partial charge is 0.495 e. The average Bonchev–Trinajstić information content (AvgIpc) is 2.78. The zero-order valence-corrected chi connectivity index (χ0v) is 17.3. The highest BCUT2D eigenvalue weighted by atomic mass is 32.2. The predicted octanol–water partition coefficient (Wildman–Crippen LogP) is 1.57. The summed E-state index contributed by atoms with van der Waals surface area (Å²) in [5.74, 6) is -0.777. The van der Waals surface area contributed by atoms with Gasteiger partial charge in [0.15, 0.2) is 0 Å². The fourth-order valence-electron chi connectivity index (χ4n) is 3.50. The monoisotopic (exact) mass is 416 g/mol. The van der Waals surface area contributed by atoms with E-state index >= 15 is 0 Å². The molecule has 3 rings (SSSR count). The maximum atomic E-state index is 13.1. The number of amides is 1. The number of hydrogen-bond donors (Lipinski definition) is 0. The topological polar surface area (TPSA) is 101 Å². The van der Waals surface area contributed by atoms with Crippen LogP contribution in [-0.2, 0) is 24.8 Å². The Kier molecular flexibility index (Phi) is 5.02. The van der Waals surface area contributed by atoms with Crippen LogP contribution in [0.2, 0.25) is 0 Å². The molecule has 2 heterocycles. The van der Waals surface area contributed by atoms with Crippen molar-refractivity contribution < 1.29 is 26.4 Å². The average molecular weight is 417 g/mol. The Morgan fingerprint density at radius 2 is 1.74 bits per heavy atom. The van der Waals surface area contributed by atoms with Gasteiger partial charge in [-0.3, -0.25) is 4.79 Å². The highest BCUT2D eigenvalue weighted by molar-refractivity contribution is 7.94. The summed E-state index contributed by atoms with van der Waals surface area (Å²) in [5, 5.41) is 0. The zero-order valence-electron chi connectivity index (χ0n) is 15.6. The third-order valence-electron chi connectivity index (χ3n) is 4.90. The summed E-state index contributed by atoms with van der Waals surface area (Å²) in [6.45, 7) is 3.93. The lowest BCUT2D eigenvalue weighted by Crippen LogP contribution is -2.36. The molecule has 150 valence electrons. The van der Waals surface area contributed by atoms with E-state index in [0.717, 1.165) is 19.3 Å². The van der Waals surface area contributed by atoms with Gasteiger partial charge in [0.25, 0.3) is 0 Å². The van der Waals surface area contributed by atoms with Crippen molar-refractivity contribution >= 4 is 31.6 Å². The Balaban J connectivity index is 2.11. The van der Waals surface area contributed by atoms with E-state index in [-0.39, 0.29) is 22.1 Å². The van der Waals surface area contributed by atoms with E-state index in [1.165, 1.54) is 29.6 Å². The second-order valence-electron chi connectivity index (χ2n) is 7.51. The van der Waals surface area contributed by atoms with Gasteiger partial charge in [0.05, 0.1) is 24.0 Å². The lowest BCUT2D eigenvalue weighted by atomic mass is 9.95. The molecular weight excluding hydrogens is 392 g/mol. The first-order valence-corrected chi connectivity index (χ1v) is 11.8. The number of carbonyl (C=O) groups is 1. The number of anilines is 1. The van der Waals surface area contributed by atoms with Gasteiger partial charge in [-0.15, -0.1) is 0 Å². The van der Waals surface area contributed by atoms with Crippen LogP contribution in [0.25, 0.3) is 0 Å². The third-order valence-corrected chi connectivity index (χ3v) is 8.84. The van der Waals surface area contributed by atoms with Crippen LogP contribution in [0.1, 0.15) is 33.1 Å². The van der Waals surface area contributed by atoms with E-state index in [1.54, 1.807) is 13.8 Å². The Labute approximate surface area is 160 Å². The first-order chi connectivity index (χ1) is 12.5. The Bertz CT molecular complexity index is 963. The van der Waals surface area contributed by atoms with Gasteiger partial charge in [0.2, 0.25) is 26.0 Å². The molecular formula is C17H24N2O6S2. The molecule has 0 saturated carbocycles. The number of rotatable bonds is 4. The van der Waals surface area contributed by atoms with Crippen LogP contribution in [0.3, 0.4) is 0 Å². The molecule has 1 aromatic rings. The van der Waals surface area contributed by atoms with Crippen molar-refractivity contribution in [1.82, 2.24) is 4.31 Å². The molecule has 8 nitrogen and oxygen atoms in total. The van der Waals surface area contributed by atoms with E-state index in [4.69, 9.17) is 4.74 Å². The van der Waals surface area contributed by atoms with Crippen LogP contribution in [-0.4, -0.2) is 53.0 Å². The molecule has 0 radical (unpaired) electrons. The minimum absolute atomic E-state index is 0.0157. The van der Waals surface area contributed by atoms with Crippen molar-refractivity contribution in [3.8, 4) is 5.75 Å². The summed E-state index contributed by atoms with van der Waals surface area (Å²) in [5.41, 5.74) is -1.05. The Morgan fingerprint density at radius 3 is 2.26 bits per heavy atom. The second-order valence-corrected chi connectivity index (χ2v) is 11.2. The van der Waals surface area contributed by atoms with Gasteiger partial charge in [-0.1, -0.05) is 6.42 Å². The van der Waals surface area contributed by atoms with E-state index < -0.39 is 31.4 Å². The normalized spacial score (nSPS) is 22.8. The SMILES string of the molecule is COc1ccc(N2C(=O)C(C)(C)CS2(=O)=O)cc1S(=O)(=O)N1CCCCC1. The molecule has 2 saturated heterocycles. The maximum Gasteiger partial charge on any atom is 0.247 e. The number of carbonyl (C=O) groups excluding carboxylic acids is 1. The van der Waals surface area contributed by atoms with E-state index in [9.17, 15) is 21.6 Å². The molecule has 27 heavy (non-hydrogen) atoms. The third kappa shape index (κ3) is 3.45. The van der Waals surface area contributed by atoms with E-state index in [2.05, 4.69) is 0 Å². The summed E-state index contributed by atoms with van der Waals surface area (Å²) in [6, 6.07) is 4.00. The van der Waals surface area contributed by atoms with Crippen molar-refractivity contribution in [2.24, 2.45) is 5.41 Å². The van der Waals surface area contributed by atoms with Gasteiger partial charge in [0, 0.05) is 13.1 Å². The standard InChI is InChI=1S/C17H24N2O6S2/c1-17(2)12-26(21,22)19(16(17)20)13-7-8-14(25-3)15(11-13)27(23,24)18-9-5-4-6-10-18/h7-8,11H,4-6,9-10,12H2,1-3H3. The molecule has 10 heteroatoms. The van der Waals surface area contributed by atoms with Gasteiger partial charge in [-0.25, -0.2) is 21.1 Å². The van der Waals surface area contributed by atoms with Crippen LogP contribution >= 0.6 is 0 Å². The number of piperidine rings is 1. The van der Waals surface area contributed by atoms with Gasteiger partial charge >= 0.3 is 0 Å². The van der Waals surface area contributed by atoms with E-state index in [0.29, 0.717) is 17.4 Å². The number of hydrogen-bond acceptors (Lipinski definition) is 6. The lowest BCUT2D eigenvalue weighted by Gasteiger charge is -2.27. The summed E-state index contributed by atoms with van der Waals surface area (Å²) in [6.07, 6.45) is 2.52. The van der Waals surface area contributed by atoms with Crippen LogP contribution < -0.4 is 9.04 Å². The fraction of sp³-hybridized carbons (Fsp3) is 0.588. The highest BCUT2D eigenvalue weighted by Gasteiger charge is 2.50. The molecule has 0 atom stereocenters. The highest BCUT2D eigenvalue weighted by Crippen LogP contribution is 2.39. The summed E-state index contributed by atoms with van der Waals surface area (Å²) in [4.78, 5) is 12.5. The van der Waals surface area contributed by atoms with Gasteiger partial charge < -0.3 is 4.74 Å². The maximum absolute atomic E-state index is 13.1. The summed E-state index contributed by atoms with van der Waals surface area (Å²) in [7, 11) is -6.38. The minimum Gasteiger partial charge on any atom is -0.495 e. The molecule has 0 aliphatic carbocycles. The molecule has 2 aliphatic rings. The summed E-state index contributed by atoms with van der Waals surface area (Å²) < 4.78 is 58.5. The second kappa shape index (κ2) is 6.75. The number of sulfonamides is 2. The van der Waals surface area contributed by atoms with Gasteiger partial charge in [0.1, 0.15) is 10.6 Å². The quantitative estimate of drug-likeness (QED) is 0.738. The van der Waals surface area contributed by atoms with Crippen LogP contribution in [0.15, 0.2) is 23.1 Å². The van der Waals surface area contributed by atoms with Crippen LogP contribution in [0, 0.1) is 5.41 Å². The lowest BCUT2D eigenvalue weighted by molar-refractivity contribution is -0.123. The first kappa shape index (κ1) is 20.1. The zero-order chi connectivity index (χ0) is 20.0. The van der Waals surface area contributed by atoms with E-state index in [1.807, 2.05) is 0 Å². The Hall–Kier alpha value is -1.65. The van der Waals surface area contributed by atoms with Crippen LogP contribution in [0.4, 0.5) is 5.69 Å². The molecule has 0 bridgehead atoms. The number of methoxy groups -OCH3 is 1. The molecule has 0 N–H and O–H groups in total. The molecule has 0 unspecified atom stereocenters. The van der Waals surface area contributed by atoms with Crippen molar-refractivity contribution in [3.05, 3.63) is 18.2 Å². The number of ether oxygens (including phenoxy) is 1. The molecule has 1 aromatic carbocycles. The van der Waals surface area contributed by atoms with Crippen molar-refractivity contribution in [3.63, 3.8) is 0 Å². The molecule has 2 aliphatic heterocycles. The molecule has 0 aromatic heterocycles. The minimum atomic E-state index is -3.87. The predicted molar refractivity (Wildman–Crippen MR) is 101 cm³/mol. The molecule has 1 amide bonds. The fourth-order valence-corrected chi connectivity index (χ4v) is 7.29.